The highest BCUT2D eigenvalue weighted by atomic mass is 15.3. The van der Waals surface area contributed by atoms with Crippen molar-refractivity contribution in [2.45, 2.75) is 38.3 Å². The zero-order chi connectivity index (χ0) is 20.1. The third kappa shape index (κ3) is 4.50. The van der Waals surface area contributed by atoms with Crippen LogP contribution in [0.15, 0.2) is 72.0 Å². The van der Waals surface area contributed by atoms with Crippen LogP contribution in [-0.2, 0) is 18.5 Å². The molecule has 150 valence electrons. The summed E-state index contributed by atoms with van der Waals surface area (Å²) in [5, 5.41) is 11.4. The maximum atomic E-state index is 4.43. The van der Waals surface area contributed by atoms with Crippen LogP contribution in [0, 0.1) is 6.92 Å². The molecule has 0 aliphatic heterocycles. The summed E-state index contributed by atoms with van der Waals surface area (Å²) in [5.74, 6) is 0.846. The number of benzene rings is 2. The predicted molar refractivity (Wildman–Crippen MR) is 118 cm³/mol. The minimum Gasteiger partial charge on any atom is -0.356 e. The van der Waals surface area contributed by atoms with Crippen LogP contribution in [0.3, 0.4) is 0 Å². The number of aryl methyl sites for hydroxylation is 1. The van der Waals surface area contributed by atoms with Gasteiger partial charge >= 0.3 is 0 Å². The fourth-order valence-electron chi connectivity index (χ4n) is 3.97. The molecule has 1 aliphatic carbocycles. The van der Waals surface area contributed by atoms with Gasteiger partial charge < -0.3 is 10.6 Å². The molecule has 3 aromatic rings. The van der Waals surface area contributed by atoms with E-state index in [0.717, 1.165) is 25.6 Å². The minimum atomic E-state index is 0.251. The summed E-state index contributed by atoms with van der Waals surface area (Å²) < 4.78 is 1.95. The van der Waals surface area contributed by atoms with Crippen LogP contribution in [0.4, 0.5) is 0 Å². The van der Waals surface area contributed by atoms with Gasteiger partial charge in [0, 0.05) is 37.9 Å². The number of aliphatic imine (C=N–C) groups is 1. The Bertz CT molecular complexity index is 970. The van der Waals surface area contributed by atoms with Crippen molar-refractivity contribution in [3.63, 3.8) is 0 Å². The maximum Gasteiger partial charge on any atom is 0.191 e. The lowest BCUT2D eigenvalue weighted by molar-refractivity contribution is 0.640. The lowest BCUT2D eigenvalue weighted by atomic mass is 9.92. The van der Waals surface area contributed by atoms with Crippen LogP contribution in [0.1, 0.15) is 35.1 Å². The number of nitrogens with one attached hydrogen (secondary N) is 2. The van der Waals surface area contributed by atoms with Gasteiger partial charge in [-0.1, -0.05) is 48.5 Å². The van der Waals surface area contributed by atoms with E-state index in [1.54, 1.807) is 0 Å². The van der Waals surface area contributed by atoms with Gasteiger partial charge in [-0.2, -0.15) is 5.10 Å². The normalized spacial score (nSPS) is 15.2. The van der Waals surface area contributed by atoms with Crippen molar-refractivity contribution in [3.8, 4) is 0 Å². The largest absolute Gasteiger partial charge is 0.356 e. The number of nitrogens with zero attached hydrogens (tertiary/aromatic N) is 3. The van der Waals surface area contributed by atoms with Gasteiger partial charge in [-0.3, -0.25) is 9.67 Å². The summed E-state index contributed by atoms with van der Waals surface area (Å²) in [6, 6.07) is 19.2. The fraction of sp³-hybridized carbons (Fsp3) is 0.333. The molecule has 1 fully saturated rings. The number of rotatable bonds is 7. The summed E-state index contributed by atoms with van der Waals surface area (Å²) in [5.41, 5.74) is 5.61. The lowest BCUT2D eigenvalue weighted by Gasteiger charge is -2.21. The van der Waals surface area contributed by atoms with Gasteiger partial charge in [0.1, 0.15) is 0 Å². The van der Waals surface area contributed by atoms with Crippen molar-refractivity contribution in [1.29, 1.82) is 0 Å². The summed E-state index contributed by atoms with van der Waals surface area (Å²) in [6.07, 6.45) is 6.27. The third-order valence-corrected chi connectivity index (χ3v) is 5.84. The van der Waals surface area contributed by atoms with Crippen LogP contribution in [0.2, 0.25) is 0 Å². The smallest absolute Gasteiger partial charge is 0.191 e. The predicted octanol–water partition coefficient (Wildman–Crippen LogP) is 3.64. The number of aromatic nitrogens is 2. The maximum absolute atomic E-state index is 4.43. The monoisotopic (exact) mass is 387 g/mol. The molecule has 2 N–H and O–H groups in total. The molecule has 29 heavy (non-hydrogen) atoms. The highest BCUT2D eigenvalue weighted by molar-refractivity contribution is 5.79. The number of hydrogen-bond acceptors (Lipinski definition) is 2. The van der Waals surface area contributed by atoms with E-state index in [2.05, 4.69) is 76.2 Å². The number of hydrogen-bond donors (Lipinski definition) is 2. The molecule has 0 radical (unpaired) electrons. The molecule has 0 unspecified atom stereocenters. The van der Waals surface area contributed by atoms with Gasteiger partial charge in [0.15, 0.2) is 5.96 Å². The quantitative estimate of drug-likeness (QED) is 0.481. The first-order valence-corrected chi connectivity index (χ1v) is 10.2. The average molecular weight is 388 g/mol. The molecule has 0 spiro atoms. The highest BCUT2D eigenvalue weighted by Gasteiger charge is 2.44. The van der Waals surface area contributed by atoms with Crippen LogP contribution < -0.4 is 10.6 Å². The van der Waals surface area contributed by atoms with Gasteiger partial charge in [0.05, 0.1) is 6.54 Å². The van der Waals surface area contributed by atoms with E-state index in [1.807, 2.05) is 30.2 Å². The Morgan fingerprint density at radius 1 is 1.03 bits per heavy atom. The summed E-state index contributed by atoms with van der Waals surface area (Å²) >= 11 is 0. The first-order chi connectivity index (χ1) is 14.2. The Morgan fingerprint density at radius 3 is 2.48 bits per heavy atom. The summed E-state index contributed by atoms with van der Waals surface area (Å²) in [4.78, 5) is 4.43. The van der Waals surface area contributed by atoms with Gasteiger partial charge in [-0.25, -0.2) is 0 Å². The Balaban J connectivity index is 1.37. The third-order valence-electron chi connectivity index (χ3n) is 5.84. The topological polar surface area (TPSA) is 54.2 Å². The van der Waals surface area contributed by atoms with Crippen molar-refractivity contribution in [2.24, 2.45) is 4.99 Å². The Morgan fingerprint density at radius 2 is 1.79 bits per heavy atom. The Hall–Kier alpha value is -3.08. The lowest BCUT2D eigenvalue weighted by Crippen LogP contribution is -2.41. The molecular formula is C24H29N5. The van der Waals surface area contributed by atoms with Crippen LogP contribution in [0.25, 0.3) is 0 Å². The molecule has 0 atom stereocenters. The average Bonchev–Trinajstić information content (AvgIpc) is 3.35. The first kappa shape index (κ1) is 19.2. The first-order valence-electron chi connectivity index (χ1n) is 10.2. The molecule has 1 heterocycles. The molecule has 1 aromatic heterocycles. The highest BCUT2D eigenvalue weighted by Crippen LogP contribution is 2.48. The molecule has 0 bridgehead atoms. The van der Waals surface area contributed by atoms with Crippen molar-refractivity contribution >= 4 is 5.96 Å². The molecule has 4 rings (SSSR count). The number of guanidine groups is 1. The van der Waals surface area contributed by atoms with Crippen molar-refractivity contribution in [3.05, 3.63) is 89.2 Å². The second-order valence-electron chi connectivity index (χ2n) is 7.85. The van der Waals surface area contributed by atoms with E-state index < -0.39 is 0 Å². The van der Waals surface area contributed by atoms with Crippen LogP contribution in [0.5, 0.6) is 0 Å². The molecule has 1 saturated carbocycles. The van der Waals surface area contributed by atoms with Gasteiger partial charge in [0.2, 0.25) is 0 Å². The summed E-state index contributed by atoms with van der Waals surface area (Å²) in [6.45, 7) is 4.62. The molecule has 5 nitrogen and oxygen atoms in total. The van der Waals surface area contributed by atoms with E-state index in [0.29, 0.717) is 0 Å². The second-order valence-corrected chi connectivity index (χ2v) is 7.85. The van der Waals surface area contributed by atoms with Gasteiger partial charge in [-0.05, 0) is 48.1 Å². The SMILES string of the molecule is CN=C(NCc1ccccc1Cn1cccn1)NCC1(c2ccccc2C)CC1. The van der Waals surface area contributed by atoms with E-state index in [-0.39, 0.29) is 5.41 Å². The zero-order valence-electron chi connectivity index (χ0n) is 17.2. The molecule has 2 aromatic carbocycles. The van der Waals surface area contributed by atoms with E-state index in [4.69, 9.17) is 0 Å². The standard InChI is InChI=1S/C24H29N5/c1-19-8-3-6-11-22(19)24(12-13-24)18-27-23(25-2)26-16-20-9-4-5-10-21(20)17-29-15-7-14-28-29/h3-11,14-15H,12-13,16-18H2,1-2H3,(H2,25,26,27). The van der Waals surface area contributed by atoms with Crippen LogP contribution >= 0.6 is 0 Å². The van der Waals surface area contributed by atoms with E-state index in [9.17, 15) is 0 Å². The van der Waals surface area contributed by atoms with Crippen molar-refractivity contribution in [1.82, 2.24) is 20.4 Å². The minimum absolute atomic E-state index is 0.251. The van der Waals surface area contributed by atoms with Crippen molar-refractivity contribution < 1.29 is 0 Å². The Kier molecular flexibility index (Phi) is 5.65. The fourth-order valence-corrected chi connectivity index (χ4v) is 3.97. The van der Waals surface area contributed by atoms with E-state index >= 15 is 0 Å². The zero-order valence-corrected chi connectivity index (χ0v) is 17.2. The summed E-state index contributed by atoms with van der Waals surface area (Å²) in [7, 11) is 1.83. The van der Waals surface area contributed by atoms with Gasteiger partial charge in [-0.15, -0.1) is 0 Å². The van der Waals surface area contributed by atoms with Gasteiger partial charge in [0.25, 0.3) is 0 Å². The molecule has 0 saturated heterocycles. The van der Waals surface area contributed by atoms with E-state index in [1.165, 1.54) is 35.1 Å². The van der Waals surface area contributed by atoms with Crippen molar-refractivity contribution in [2.75, 3.05) is 13.6 Å². The molecule has 5 heteroatoms. The van der Waals surface area contributed by atoms with Crippen LogP contribution in [-0.4, -0.2) is 29.3 Å². The molecule has 0 amide bonds. The Labute approximate surface area is 172 Å². The molecular weight excluding hydrogens is 358 g/mol. The second kappa shape index (κ2) is 8.52. The molecule has 1 aliphatic rings.